The van der Waals surface area contributed by atoms with Gasteiger partial charge in [0.05, 0.1) is 5.56 Å². The molecule has 0 aromatic heterocycles. The van der Waals surface area contributed by atoms with E-state index in [2.05, 4.69) is 0 Å². The highest BCUT2D eigenvalue weighted by Gasteiger charge is 2.36. The highest BCUT2D eigenvalue weighted by molar-refractivity contribution is 6.10. The molecule has 0 amide bonds. The van der Waals surface area contributed by atoms with Crippen molar-refractivity contribution in [2.45, 2.75) is 19.3 Å². The van der Waals surface area contributed by atoms with Gasteiger partial charge in [0.2, 0.25) is 6.29 Å². The molecule has 1 aliphatic rings. The highest BCUT2D eigenvalue weighted by Crippen LogP contribution is 2.30. The van der Waals surface area contributed by atoms with Gasteiger partial charge in [-0.15, -0.1) is 0 Å². The number of ketones is 1. The molecule has 1 heterocycles. The summed E-state index contributed by atoms with van der Waals surface area (Å²) >= 11 is 0. The van der Waals surface area contributed by atoms with Crippen molar-refractivity contribution in [3.05, 3.63) is 59.7 Å². The van der Waals surface area contributed by atoms with E-state index in [1.54, 1.807) is 36.4 Å². The number of aromatic hydroxyl groups is 1. The standard InChI is InChI=1S/C16H14O4/c1-10-16(19-10)20-12-7-8-13(14(17)9-12)15(18)11-5-3-2-4-6-11/h2-10,16-17H,1H3. The summed E-state index contributed by atoms with van der Waals surface area (Å²) in [5.74, 6) is 0.178. The van der Waals surface area contributed by atoms with Crippen LogP contribution in [-0.4, -0.2) is 23.3 Å². The Labute approximate surface area is 116 Å². The summed E-state index contributed by atoms with van der Waals surface area (Å²) in [5, 5.41) is 9.98. The van der Waals surface area contributed by atoms with Gasteiger partial charge in [-0.3, -0.25) is 4.79 Å². The molecule has 2 atom stereocenters. The van der Waals surface area contributed by atoms with Gasteiger partial charge in [-0.2, -0.15) is 0 Å². The van der Waals surface area contributed by atoms with Gasteiger partial charge in [-0.1, -0.05) is 30.3 Å². The number of ether oxygens (including phenoxy) is 2. The third-order valence-electron chi connectivity index (χ3n) is 3.16. The molecular formula is C16H14O4. The molecule has 2 aromatic rings. The normalized spacial score (nSPS) is 20.4. The number of benzene rings is 2. The van der Waals surface area contributed by atoms with E-state index in [1.807, 2.05) is 13.0 Å². The Kier molecular flexibility index (Phi) is 3.16. The zero-order valence-corrected chi connectivity index (χ0v) is 10.9. The molecule has 3 rings (SSSR count). The average Bonchev–Trinajstić information content (AvgIpc) is 3.14. The van der Waals surface area contributed by atoms with Crippen LogP contribution in [0.25, 0.3) is 0 Å². The zero-order chi connectivity index (χ0) is 14.1. The SMILES string of the molecule is CC1OC1Oc1ccc(C(=O)c2ccccc2)c(O)c1. The van der Waals surface area contributed by atoms with Crippen molar-refractivity contribution in [1.29, 1.82) is 0 Å². The van der Waals surface area contributed by atoms with Crippen molar-refractivity contribution < 1.29 is 19.4 Å². The molecule has 1 saturated heterocycles. The zero-order valence-electron chi connectivity index (χ0n) is 10.9. The fourth-order valence-electron chi connectivity index (χ4n) is 1.95. The first kappa shape index (κ1) is 12.7. The van der Waals surface area contributed by atoms with Crippen LogP contribution < -0.4 is 4.74 Å². The summed E-state index contributed by atoms with van der Waals surface area (Å²) in [7, 11) is 0. The van der Waals surface area contributed by atoms with Crippen LogP contribution in [-0.2, 0) is 4.74 Å². The lowest BCUT2D eigenvalue weighted by Gasteiger charge is -2.07. The molecule has 20 heavy (non-hydrogen) atoms. The summed E-state index contributed by atoms with van der Waals surface area (Å²) in [5.41, 5.74) is 0.795. The van der Waals surface area contributed by atoms with Crippen LogP contribution >= 0.6 is 0 Å². The third kappa shape index (κ3) is 2.51. The molecule has 0 radical (unpaired) electrons. The lowest BCUT2D eigenvalue weighted by atomic mass is 10.0. The van der Waals surface area contributed by atoms with Crippen molar-refractivity contribution in [2.24, 2.45) is 0 Å². The maximum atomic E-state index is 12.2. The van der Waals surface area contributed by atoms with E-state index in [1.165, 1.54) is 6.07 Å². The van der Waals surface area contributed by atoms with E-state index in [0.717, 1.165) is 0 Å². The molecule has 0 spiro atoms. The van der Waals surface area contributed by atoms with Crippen molar-refractivity contribution >= 4 is 5.78 Å². The second-order valence-corrected chi connectivity index (χ2v) is 4.70. The molecule has 1 aliphatic heterocycles. The fourth-order valence-corrected chi connectivity index (χ4v) is 1.95. The van der Waals surface area contributed by atoms with Gasteiger partial charge in [0.25, 0.3) is 0 Å². The van der Waals surface area contributed by atoms with Crippen LogP contribution in [0.3, 0.4) is 0 Å². The van der Waals surface area contributed by atoms with Crippen LogP contribution in [0.5, 0.6) is 11.5 Å². The smallest absolute Gasteiger partial charge is 0.226 e. The molecule has 4 nitrogen and oxygen atoms in total. The molecule has 2 aromatic carbocycles. The van der Waals surface area contributed by atoms with E-state index in [4.69, 9.17) is 9.47 Å². The van der Waals surface area contributed by atoms with Gasteiger partial charge >= 0.3 is 0 Å². The van der Waals surface area contributed by atoms with Crippen LogP contribution in [0.2, 0.25) is 0 Å². The second-order valence-electron chi connectivity index (χ2n) is 4.70. The minimum Gasteiger partial charge on any atom is -0.507 e. The summed E-state index contributed by atoms with van der Waals surface area (Å²) in [6, 6.07) is 13.5. The summed E-state index contributed by atoms with van der Waals surface area (Å²) < 4.78 is 10.6. The van der Waals surface area contributed by atoms with E-state index in [9.17, 15) is 9.90 Å². The maximum Gasteiger partial charge on any atom is 0.226 e. The van der Waals surface area contributed by atoms with Crippen molar-refractivity contribution in [3.8, 4) is 11.5 Å². The first-order chi connectivity index (χ1) is 9.65. The number of phenols is 1. The van der Waals surface area contributed by atoms with Gasteiger partial charge in [0, 0.05) is 11.6 Å². The Morgan fingerprint density at radius 2 is 1.90 bits per heavy atom. The minimum absolute atomic E-state index is 0.0720. The molecule has 1 fully saturated rings. The molecule has 4 heteroatoms. The summed E-state index contributed by atoms with van der Waals surface area (Å²) in [4.78, 5) is 12.2. The number of rotatable bonds is 4. The molecular weight excluding hydrogens is 256 g/mol. The monoisotopic (exact) mass is 270 g/mol. The number of carbonyl (C=O) groups is 1. The molecule has 0 bridgehead atoms. The lowest BCUT2D eigenvalue weighted by molar-refractivity contribution is 0.103. The minimum atomic E-state index is -0.259. The predicted octanol–water partition coefficient (Wildman–Crippen LogP) is 2.75. The number of epoxide rings is 1. The third-order valence-corrected chi connectivity index (χ3v) is 3.16. The summed E-state index contributed by atoms with van der Waals surface area (Å²) in [6.45, 7) is 1.90. The van der Waals surface area contributed by atoms with Crippen LogP contribution in [0.15, 0.2) is 48.5 Å². The van der Waals surface area contributed by atoms with Crippen LogP contribution in [0, 0.1) is 0 Å². The van der Waals surface area contributed by atoms with E-state index >= 15 is 0 Å². The predicted molar refractivity (Wildman–Crippen MR) is 72.9 cm³/mol. The first-order valence-corrected chi connectivity index (χ1v) is 6.40. The van der Waals surface area contributed by atoms with Crippen molar-refractivity contribution in [3.63, 3.8) is 0 Å². The molecule has 1 N–H and O–H groups in total. The Morgan fingerprint density at radius 3 is 2.50 bits per heavy atom. The number of phenolic OH excluding ortho intramolecular Hbond substituents is 1. The topological polar surface area (TPSA) is 59.1 Å². The summed E-state index contributed by atoms with van der Waals surface area (Å²) in [6.07, 6.45) is -0.187. The Morgan fingerprint density at radius 1 is 1.20 bits per heavy atom. The fraction of sp³-hybridized carbons (Fsp3) is 0.188. The van der Waals surface area contributed by atoms with Gasteiger partial charge in [-0.05, 0) is 19.1 Å². The lowest BCUT2D eigenvalue weighted by Crippen LogP contribution is -2.04. The quantitative estimate of drug-likeness (QED) is 0.685. The van der Waals surface area contributed by atoms with Gasteiger partial charge in [0.1, 0.15) is 17.6 Å². The van der Waals surface area contributed by atoms with Crippen LogP contribution in [0.1, 0.15) is 22.8 Å². The van der Waals surface area contributed by atoms with Crippen molar-refractivity contribution in [2.75, 3.05) is 0 Å². The average molecular weight is 270 g/mol. The van der Waals surface area contributed by atoms with E-state index in [0.29, 0.717) is 11.3 Å². The number of hydrogen-bond acceptors (Lipinski definition) is 4. The maximum absolute atomic E-state index is 12.2. The van der Waals surface area contributed by atoms with Gasteiger partial charge in [-0.25, -0.2) is 0 Å². The van der Waals surface area contributed by atoms with Crippen molar-refractivity contribution in [1.82, 2.24) is 0 Å². The Hall–Kier alpha value is -2.33. The molecule has 0 saturated carbocycles. The second kappa shape index (κ2) is 4.98. The highest BCUT2D eigenvalue weighted by atomic mass is 16.8. The Balaban J connectivity index is 1.82. The van der Waals surface area contributed by atoms with Gasteiger partial charge in [0.15, 0.2) is 5.78 Å². The molecule has 102 valence electrons. The number of hydrogen-bond donors (Lipinski definition) is 1. The molecule has 2 unspecified atom stereocenters. The largest absolute Gasteiger partial charge is 0.507 e. The van der Waals surface area contributed by atoms with Gasteiger partial charge < -0.3 is 14.6 Å². The molecule has 0 aliphatic carbocycles. The van der Waals surface area contributed by atoms with E-state index < -0.39 is 0 Å². The van der Waals surface area contributed by atoms with E-state index in [-0.39, 0.29) is 29.5 Å². The first-order valence-electron chi connectivity index (χ1n) is 6.40. The number of carbonyl (C=O) groups excluding carboxylic acids is 1. The Bertz CT molecular complexity index is 636. The van der Waals surface area contributed by atoms with Crippen LogP contribution in [0.4, 0.5) is 0 Å².